The van der Waals surface area contributed by atoms with E-state index in [-0.39, 0.29) is 6.10 Å². The van der Waals surface area contributed by atoms with E-state index in [9.17, 15) is 5.11 Å². The molecule has 0 spiro atoms. The van der Waals surface area contributed by atoms with Crippen LogP contribution in [0.2, 0.25) is 0 Å². The molecule has 1 saturated heterocycles. The summed E-state index contributed by atoms with van der Waals surface area (Å²) in [5.41, 5.74) is 0. The number of halogens is 1. The van der Waals surface area contributed by atoms with Gasteiger partial charge in [0.15, 0.2) is 0 Å². The highest BCUT2D eigenvalue weighted by atomic mass is 35.5. The largest absolute Gasteiger partial charge is 0.393 e. The minimum absolute atomic E-state index is 0.0946. The van der Waals surface area contributed by atoms with Crippen LogP contribution < -0.4 is 0 Å². The van der Waals surface area contributed by atoms with Gasteiger partial charge >= 0.3 is 0 Å². The average Bonchev–Trinajstić information content (AvgIpc) is 2.06. The standard InChI is InChI=1S/C10H17ClOS/c1-6-4-9(12)8-5-7(11)2-3-10(8)13-6/h6-10,12H,2-5H2,1H3. The second kappa shape index (κ2) is 4.00. The summed E-state index contributed by atoms with van der Waals surface area (Å²) < 4.78 is 0. The quantitative estimate of drug-likeness (QED) is 0.634. The monoisotopic (exact) mass is 220 g/mol. The van der Waals surface area contributed by atoms with Gasteiger partial charge in [0.05, 0.1) is 6.10 Å². The van der Waals surface area contributed by atoms with Crippen molar-refractivity contribution in [1.82, 2.24) is 0 Å². The molecule has 0 amide bonds. The smallest absolute Gasteiger partial charge is 0.0589 e. The van der Waals surface area contributed by atoms with Crippen LogP contribution in [-0.2, 0) is 0 Å². The molecule has 1 aliphatic heterocycles. The number of hydrogen-bond donors (Lipinski definition) is 1. The lowest BCUT2D eigenvalue weighted by Crippen LogP contribution is -2.41. The van der Waals surface area contributed by atoms with Gasteiger partial charge in [-0.3, -0.25) is 0 Å². The van der Waals surface area contributed by atoms with Crippen molar-refractivity contribution in [3.8, 4) is 0 Å². The Bertz CT molecular complexity index is 188. The number of hydrogen-bond acceptors (Lipinski definition) is 2. The molecule has 5 unspecified atom stereocenters. The molecule has 3 heteroatoms. The van der Waals surface area contributed by atoms with Crippen molar-refractivity contribution in [2.75, 3.05) is 0 Å². The van der Waals surface area contributed by atoms with Gasteiger partial charge in [0.25, 0.3) is 0 Å². The van der Waals surface area contributed by atoms with Crippen LogP contribution in [0.4, 0.5) is 0 Å². The molecule has 1 N–H and O–H groups in total. The summed E-state index contributed by atoms with van der Waals surface area (Å²) in [5, 5.41) is 11.5. The summed E-state index contributed by atoms with van der Waals surface area (Å²) in [6, 6.07) is 0. The Balaban J connectivity index is 2.02. The summed E-state index contributed by atoms with van der Waals surface area (Å²) in [7, 11) is 0. The summed E-state index contributed by atoms with van der Waals surface area (Å²) in [6.07, 6.45) is 4.21. The molecular formula is C10H17ClOS. The van der Waals surface area contributed by atoms with Crippen LogP contribution >= 0.6 is 23.4 Å². The van der Waals surface area contributed by atoms with Crippen LogP contribution in [0.25, 0.3) is 0 Å². The Morgan fingerprint density at radius 1 is 1.31 bits per heavy atom. The maximum Gasteiger partial charge on any atom is 0.0589 e. The van der Waals surface area contributed by atoms with Crippen LogP contribution in [0.5, 0.6) is 0 Å². The summed E-state index contributed by atoms with van der Waals surface area (Å²) in [6.45, 7) is 2.22. The zero-order valence-electron chi connectivity index (χ0n) is 7.95. The fraction of sp³-hybridized carbons (Fsp3) is 1.00. The molecule has 1 saturated carbocycles. The van der Waals surface area contributed by atoms with Crippen LogP contribution in [-0.4, -0.2) is 27.1 Å². The Hall–Kier alpha value is 0.600. The minimum atomic E-state index is -0.0946. The van der Waals surface area contributed by atoms with Crippen molar-refractivity contribution in [2.45, 2.75) is 54.6 Å². The Labute approximate surface area is 89.2 Å². The van der Waals surface area contributed by atoms with Crippen molar-refractivity contribution < 1.29 is 5.11 Å². The van der Waals surface area contributed by atoms with Gasteiger partial charge in [-0.05, 0) is 31.6 Å². The number of alkyl halides is 1. The lowest BCUT2D eigenvalue weighted by molar-refractivity contribution is 0.0762. The first kappa shape index (κ1) is 10.1. The SMILES string of the molecule is CC1CC(O)C2CC(Cl)CCC2S1. The highest BCUT2D eigenvalue weighted by Crippen LogP contribution is 2.44. The third-order valence-corrected chi connectivity index (χ3v) is 5.23. The van der Waals surface area contributed by atoms with Crippen molar-refractivity contribution >= 4 is 23.4 Å². The molecule has 76 valence electrons. The maximum absolute atomic E-state index is 9.92. The molecule has 0 aromatic heterocycles. The molecular weight excluding hydrogens is 204 g/mol. The van der Waals surface area contributed by atoms with E-state index in [1.807, 2.05) is 0 Å². The molecule has 0 bridgehead atoms. The predicted octanol–water partition coefficient (Wildman–Crippen LogP) is 2.65. The van der Waals surface area contributed by atoms with Crippen LogP contribution in [0, 0.1) is 5.92 Å². The molecule has 2 rings (SSSR count). The van der Waals surface area contributed by atoms with Gasteiger partial charge in [-0.15, -0.1) is 11.6 Å². The first-order chi connectivity index (χ1) is 6.16. The van der Waals surface area contributed by atoms with E-state index in [0.717, 1.165) is 19.3 Å². The van der Waals surface area contributed by atoms with Gasteiger partial charge in [-0.2, -0.15) is 11.8 Å². The summed E-state index contributed by atoms with van der Waals surface area (Å²) in [5.74, 6) is 0.470. The molecule has 0 radical (unpaired) electrons. The normalized spacial score (nSPS) is 51.5. The van der Waals surface area contributed by atoms with Gasteiger partial charge in [-0.25, -0.2) is 0 Å². The van der Waals surface area contributed by atoms with E-state index in [2.05, 4.69) is 18.7 Å². The Kier molecular flexibility index (Phi) is 3.11. The Morgan fingerprint density at radius 3 is 2.85 bits per heavy atom. The first-order valence-corrected chi connectivity index (χ1v) is 6.52. The third kappa shape index (κ3) is 2.16. The zero-order valence-corrected chi connectivity index (χ0v) is 9.52. The van der Waals surface area contributed by atoms with E-state index in [1.165, 1.54) is 6.42 Å². The number of rotatable bonds is 0. The number of aliphatic hydroxyl groups is 1. The molecule has 0 aromatic rings. The Morgan fingerprint density at radius 2 is 2.08 bits per heavy atom. The number of thioether (sulfide) groups is 1. The van der Waals surface area contributed by atoms with Gasteiger partial charge in [0.2, 0.25) is 0 Å². The molecule has 1 nitrogen and oxygen atoms in total. The van der Waals surface area contributed by atoms with Crippen LogP contribution in [0.15, 0.2) is 0 Å². The lowest BCUT2D eigenvalue weighted by atomic mass is 9.82. The molecule has 5 atom stereocenters. The predicted molar refractivity (Wildman–Crippen MR) is 58.4 cm³/mol. The van der Waals surface area contributed by atoms with Crippen molar-refractivity contribution in [3.05, 3.63) is 0 Å². The van der Waals surface area contributed by atoms with E-state index in [0.29, 0.717) is 21.8 Å². The van der Waals surface area contributed by atoms with Crippen molar-refractivity contribution in [2.24, 2.45) is 5.92 Å². The van der Waals surface area contributed by atoms with Gasteiger partial charge < -0.3 is 5.11 Å². The summed E-state index contributed by atoms with van der Waals surface area (Å²) in [4.78, 5) is 0. The molecule has 2 aliphatic rings. The van der Waals surface area contributed by atoms with Gasteiger partial charge in [-0.1, -0.05) is 6.92 Å². The van der Waals surface area contributed by atoms with E-state index in [4.69, 9.17) is 11.6 Å². The second-order valence-electron chi connectivity index (χ2n) is 4.36. The van der Waals surface area contributed by atoms with E-state index in [1.54, 1.807) is 0 Å². The number of fused-ring (bicyclic) bond motifs is 1. The average molecular weight is 221 g/mol. The second-order valence-corrected chi connectivity index (χ2v) is 6.66. The highest BCUT2D eigenvalue weighted by Gasteiger charge is 2.39. The fourth-order valence-electron chi connectivity index (χ4n) is 2.57. The van der Waals surface area contributed by atoms with Crippen LogP contribution in [0.3, 0.4) is 0 Å². The topological polar surface area (TPSA) is 20.2 Å². The molecule has 0 aromatic carbocycles. The third-order valence-electron chi connectivity index (χ3n) is 3.24. The molecule has 13 heavy (non-hydrogen) atoms. The lowest BCUT2D eigenvalue weighted by Gasteiger charge is -2.42. The van der Waals surface area contributed by atoms with E-state index >= 15 is 0 Å². The van der Waals surface area contributed by atoms with Gasteiger partial charge in [0.1, 0.15) is 0 Å². The maximum atomic E-state index is 9.92. The first-order valence-electron chi connectivity index (χ1n) is 5.14. The van der Waals surface area contributed by atoms with Crippen molar-refractivity contribution in [1.29, 1.82) is 0 Å². The molecule has 2 fully saturated rings. The zero-order chi connectivity index (χ0) is 9.42. The molecule has 1 heterocycles. The van der Waals surface area contributed by atoms with Crippen LogP contribution in [0.1, 0.15) is 32.6 Å². The summed E-state index contributed by atoms with van der Waals surface area (Å²) >= 11 is 8.18. The molecule has 1 aliphatic carbocycles. The van der Waals surface area contributed by atoms with Gasteiger partial charge in [0, 0.05) is 15.9 Å². The minimum Gasteiger partial charge on any atom is -0.393 e. The van der Waals surface area contributed by atoms with Crippen molar-refractivity contribution in [3.63, 3.8) is 0 Å². The van der Waals surface area contributed by atoms with E-state index < -0.39 is 0 Å². The fourth-order valence-corrected chi connectivity index (χ4v) is 4.57. The highest BCUT2D eigenvalue weighted by molar-refractivity contribution is 8.00. The number of aliphatic hydroxyl groups excluding tert-OH is 1.